The Morgan fingerprint density at radius 3 is 2.45 bits per heavy atom. The van der Waals surface area contributed by atoms with Crippen molar-refractivity contribution in [2.75, 3.05) is 7.05 Å². The van der Waals surface area contributed by atoms with Gasteiger partial charge in [0.2, 0.25) is 0 Å². The number of para-hydroxylation sites is 1. The molecule has 2 rings (SSSR count). The van der Waals surface area contributed by atoms with Crippen molar-refractivity contribution in [3.8, 4) is 11.5 Å². The first-order chi connectivity index (χ1) is 10.7. The van der Waals surface area contributed by atoms with E-state index in [1.807, 2.05) is 74.8 Å². The Kier molecular flexibility index (Phi) is 5.21. The van der Waals surface area contributed by atoms with Gasteiger partial charge in [-0.15, -0.1) is 0 Å². The summed E-state index contributed by atoms with van der Waals surface area (Å²) in [5, 5.41) is 3.03. The minimum Gasteiger partial charge on any atom is -0.457 e. The summed E-state index contributed by atoms with van der Waals surface area (Å²) < 4.78 is 5.90. The van der Waals surface area contributed by atoms with Gasteiger partial charge in [-0.25, -0.2) is 0 Å². The van der Waals surface area contributed by atoms with Gasteiger partial charge in [0.1, 0.15) is 11.5 Å². The van der Waals surface area contributed by atoms with E-state index in [1.165, 1.54) is 0 Å². The van der Waals surface area contributed by atoms with Crippen LogP contribution >= 0.6 is 0 Å². The van der Waals surface area contributed by atoms with Crippen LogP contribution in [0.4, 0.5) is 0 Å². The van der Waals surface area contributed by atoms with Crippen LogP contribution in [-0.4, -0.2) is 7.05 Å². The van der Waals surface area contributed by atoms with E-state index in [4.69, 9.17) is 4.74 Å². The number of hydrogen-bond donors (Lipinski definition) is 1. The van der Waals surface area contributed by atoms with Crippen LogP contribution in [0.3, 0.4) is 0 Å². The Morgan fingerprint density at radius 1 is 1.09 bits per heavy atom. The van der Waals surface area contributed by atoms with E-state index in [0.717, 1.165) is 33.8 Å². The molecule has 2 aromatic rings. The van der Waals surface area contributed by atoms with Crippen molar-refractivity contribution in [2.45, 2.75) is 6.92 Å². The first-order valence-corrected chi connectivity index (χ1v) is 7.18. The van der Waals surface area contributed by atoms with Gasteiger partial charge in [0.05, 0.1) is 0 Å². The van der Waals surface area contributed by atoms with Gasteiger partial charge >= 0.3 is 0 Å². The van der Waals surface area contributed by atoms with Crippen LogP contribution in [0.5, 0.6) is 11.5 Å². The number of benzene rings is 2. The number of nitrogens with one attached hydrogen (secondary N) is 1. The van der Waals surface area contributed by atoms with Crippen LogP contribution in [0.2, 0.25) is 0 Å². The molecule has 0 saturated heterocycles. The van der Waals surface area contributed by atoms with Crippen molar-refractivity contribution in [3.63, 3.8) is 0 Å². The Balaban J connectivity index is 2.36. The van der Waals surface area contributed by atoms with Gasteiger partial charge in [-0.2, -0.15) is 0 Å². The normalized spacial score (nSPS) is 10.9. The standard InChI is InChI=1S/C20H21NO/c1-5-17-11-12-19(22-18-9-7-6-8-10-18)13-20(17)16(3)15(2)14-21-4/h5-14,21H,1,3H2,2,4H3/b15-14-. The van der Waals surface area contributed by atoms with E-state index in [9.17, 15) is 0 Å². The first kappa shape index (κ1) is 15.6. The summed E-state index contributed by atoms with van der Waals surface area (Å²) in [4.78, 5) is 0. The van der Waals surface area contributed by atoms with Crippen LogP contribution in [0.25, 0.3) is 11.6 Å². The Bertz CT molecular complexity index is 699. The Labute approximate surface area is 132 Å². The average molecular weight is 291 g/mol. The molecule has 0 radical (unpaired) electrons. The zero-order chi connectivity index (χ0) is 15.9. The van der Waals surface area contributed by atoms with Crippen molar-refractivity contribution in [1.29, 1.82) is 0 Å². The summed E-state index contributed by atoms with van der Waals surface area (Å²) in [5.74, 6) is 1.60. The Hall–Kier alpha value is -2.74. The van der Waals surface area contributed by atoms with Gasteiger partial charge < -0.3 is 10.1 Å². The smallest absolute Gasteiger partial charge is 0.128 e. The molecule has 0 saturated carbocycles. The minimum absolute atomic E-state index is 0.783. The molecule has 2 nitrogen and oxygen atoms in total. The maximum absolute atomic E-state index is 5.90. The summed E-state index contributed by atoms with van der Waals surface area (Å²) in [7, 11) is 1.88. The third-order valence-corrected chi connectivity index (χ3v) is 3.39. The molecule has 0 fully saturated rings. The molecule has 0 aliphatic rings. The van der Waals surface area contributed by atoms with E-state index in [-0.39, 0.29) is 0 Å². The molecule has 0 aromatic heterocycles. The molecular formula is C20H21NO. The van der Waals surface area contributed by atoms with Gasteiger partial charge in [-0.05, 0) is 59.7 Å². The fourth-order valence-corrected chi connectivity index (χ4v) is 2.18. The molecule has 2 aromatic carbocycles. The number of allylic oxidation sites excluding steroid dienone is 2. The summed E-state index contributed by atoms with van der Waals surface area (Å²) >= 11 is 0. The van der Waals surface area contributed by atoms with Crippen LogP contribution < -0.4 is 10.1 Å². The molecule has 2 heteroatoms. The lowest BCUT2D eigenvalue weighted by atomic mass is 9.96. The lowest BCUT2D eigenvalue weighted by Crippen LogP contribution is -1.97. The monoisotopic (exact) mass is 291 g/mol. The summed E-state index contributed by atoms with van der Waals surface area (Å²) in [6.07, 6.45) is 3.76. The lowest BCUT2D eigenvalue weighted by molar-refractivity contribution is 0.482. The second-order valence-corrected chi connectivity index (χ2v) is 4.96. The van der Waals surface area contributed by atoms with Gasteiger partial charge in [0, 0.05) is 7.05 Å². The SMILES string of the molecule is C=Cc1ccc(Oc2ccccc2)cc1C(=C)/C(C)=C\NC. The molecule has 0 atom stereocenters. The number of rotatable bonds is 6. The fraction of sp³-hybridized carbons (Fsp3) is 0.100. The zero-order valence-electron chi connectivity index (χ0n) is 13.1. The van der Waals surface area contributed by atoms with Crippen LogP contribution in [0.15, 0.2) is 73.5 Å². The lowest BCUT2D eigenvalue weighted by Gasteiger charge is -2.13. The minimum atomic E-state index is 0.783. The van der Waals surface area contributed by atoms with Crippen LogP contribution in [0.1, 0.15) is 18.1 Å². The third-order valence-electron chi connectivity index (χ3n) is 3.39. The number of ether oxygens (including phenoxy) is 1. The van der Waals surface area contributed by atoms with E-state index >= 15 is 0 Å². The van der Waals surface area contributed by atoms with E-state index in [1.54, 1.807) is 0 Å². The zero-order valence-corrected chi connectivity index (χ0v) is 13.1. The molecule has 0 spiro atoms. The summed E-state index contributed by atoms with van der Waals surface area (Å²) in [6.45, 7) is 10.1. The quantitative estimate of drug-likeness (QED) is 0.733. The molecule has 0 aliphatic carbocycles. The van der Waals surface area contributed by atoms with Crippen molar-refractivity contribution < 1.29 is 4.74 Å². The third kappa shape index (κ3) is 3.67. The van der Waals surface area contributed by atoms with E-state index in [0.29, 0.717) is 0 Å². The van der Waals surface area contributed by atoms with Crippen molar-refractivity contribution in [3.05, 3.63) is 84.6 Å². The molecule has 0 unspecified atom stereocenters. The highest BCUT2D eigenvalue weighted by atomic mass is 16.5. The van der Waals surface area contributed by atoms with Gasteiger partial charge in [0.25, 0.3) is 0 Å². The fourth-order valence-electron chi connectivity index (χ4n) is 2.18. The molecule has 0 bridgehead atoms. The van der Waals surface area contributed by atoms with Gasteiger partial charge in [0.15, 0.2) is 0 Å². The maximum atomic E-state index is 5.90. The topological polar surface area (TPSA) is 21.3 Å². The Morgan fingerprint density at radius 2 is 1.82 bits per heavy atom. The van der Waals surface area contributed by atoms with E-state index in [2.05, 4.69) is 18.5 Å². The molecule has 0 aliphatic heterocycles. The first-order valence-electron chi connectivity index (χ1n) is 7.18. The van der Waals surface area contributed by atoms with E-state index < -0.39 is 0 Å². The maximum Gasteiger partial charge on any atom is 0.128 e. The second kappa shape index (κ2) is 7.32. The highest BCUT2D eigenvalue weighted by Crippen LogP contribution is 2.30. The summed E-state index contributed by atoms with van der Waals surface area (Å²) in [6, 6.07) is 15.7. The van der Waals surface area contributed by atoms with Crippen molar-refractivity contribution in [2.24, 2.45) is 0 Å². The predicted molar refractivity (Wildman–Crippen MR) is 94.9 cm³/mol. The molecule has 112 valence electrons. The van der Waals surface area contributed by atoms with Crippen LogP contribution in [0, 0.1) is 0 Å². The highest BCUT2D eigenvalue weighted by Gasteiger charge is 2.08. The summed E-state index contributed by atoms with van der Waals surface area (Å²) in [5.41, 5.74) is 4.08. The molecular weight excluding hydrogens is 270 g/mol. The molecule has 1 N–H and O–H groups in total. The second-order valence-electron chi connectivity index (χ2n) is 4.96. The van der Waals surface area contributed by atoms with Crippen LogP contribution in [-0.2, 0) is 0 Å². The highest BCUT2D eigenvalue weighted by molar-refractivity contribution is 5.82. The van der Waals surface area contributed by atoms with Gasteiger partial charge in [-0.3, -0.25) is 0 Å². The predicted octanol–water partition coefficient (Wildman–Crippen LogP) is 5.26. The molecule has 0 amide bonds. The van der Waals surface area contributed by atoms with Crippen molar-refractivity contribution in [1.82, 2.24) is 5.32 Å². The largest absolute Gasteiger partial charge is 0.457 e. The number of hydrogen-bond acceptors (Lipinski definition) is 2. The van der Waals surface area contributed by atoms with Gasteiger partial charge in [-0.1, -0.05) is 43.5 Å². The van der Waals surface area contributed by atoms with Crippen molar-refractivity contribution >= 4 is 11.6 Å². The average Bonchev–Trinajstić information content (AvgIpc) is 2.55. The molecule has 0 heterocycles. The molecule has 22 heavy (non-hydrogen) atoms.